The Balaban J connectivity index is 3.13. The van der Waals surface area contributed by atoms with E-state index in [1.54, 1.807) is 18.2 Å². The summed E-state index contributed by atoms with van der Waals surface area (Å²) in [6.07, 6.45) is 0. The Hall–Kier alpha value is -0.100. The second-order valence-electron chi connectivity index (χ2n) is 2.24. The molecule has 12 heavy (non-hydrogen) atoms. The monoisotopic (exact) mass is 340 g/mol. The largest absolute Gasteiger partial charge is 0.478 e. The van der Waals surface area contributed by atoms with Crippen LogP contribution in [0.5, 0.6) is 0 Å². The minimum atomic E-state index is -0.881. The van der Waals surface area contributed by atoms with E-state index in [0.29, 0.717) is 10.9 Å². The summed E-state index contributed by atoms with van der Waals surface area (Å²) < 4.78 is 1.08. The number of carboxylic acid groups (broad SMARTS) is 1. The summed E-state index contributed by atoms with van der Waals surface area (Å²) in [7, 11) is 0. The van der Waals surface area contributed by atoms with Gasteiger partial charge in [-0.2, -0.15) is 0 Å². The number of alkyl halides is 1. The highest BCUT2D eigenvalue weighted by atomic mass is 127. The first-order valence-corrected chi connectivity index (χ1v) is 5.43. The first-order chi connectivity index (χ1) is 5.65. The van der Waals surface area contributed by atoms with Crippen LogP contribution in [-0.4, -0.2) is 11.1 Å². The average molecular weight is 341 g/mol. The summed E-state index contributed by atoms with van der Waals surface area (Å²) >= 11 is 5.47. The lowest BCUT2D eigenvalue weighted by molar-refractivity contribution is 0.0697. The molecule has 4 heteroatoms. The van der Waals surface area contributed by atoms with Crippen molar-refractivity contribution >= 4 is 44.5 Å². The maximum atomic E-state index is 10.6. The average Bonchev–Trinajstić information content (AvgIpc) is 2.05. The van der Waals surface area contributed by atoms with Crippen LogP contribution in [0, 0.1) is 3.57 Å². The fourth-order valence-corrected chi connectivity index (χ4v) is 2.32. The van der Waals surface area contributed by atoms with Crippen LogP contribution in [0.2, 0.25) is 0 Å². The molecule has 1 aromatic rings. The number of carboxylic acids is 1. The molecule has 64 valence electrons. The van der Waals surface area contributed by atoms with Crippen LogP contribution in [0.1, 0.15) is 15.9 Å². The Morgan fingerprint density at radius 1 is 1.58 bits per heavy atom. The molecule has 0 fully saturated rings. The van der Waals surface area contributed by atoms with Gasteiger partial charge in [-0.25, -0.2) is 4.79 Å². The van der Waals surface area contributed by atoms with Crippen molar-refractivity contribution in [2.45, 2.75) is 5.33 Å². The number of hydrogen-bond donors (Lipinski definition) is 1. The number of aromatic carboxylic acids is 1. The van der Waals surface area contributed by atoms with Crippen LogP contribution >= 0.6 is 38.5 Å². The quantitative estimate of drug-likeness (QED) is 0.664. The lowest BCUT2D eigenvalue weighted by atomic mass is 10.1. The predicted octanol–water partition coefficient (Wildman–Crippen LogP) is 2.88. The summed E-state index contributed by atoms with van der Waals surface area (Å²) in [6, 6.07) is 5.09. The number of carbonyl (C=O) groups is 1. The first kappa shape index (κ1) is 9.98. The molecule has 0 saturated carbocycles. The van der Waals surface area contributed by atoms with E-state index in [2.05, 4.69) is 38.5 Å². The first-order valence-electron chi connectivity index (χ1n) is 3.23. The molecule has 0 aliphatic carbocycles. The molecule has 0 spiro atoms. The van der Waals surface area contributed by atoms with Crippen molar-refractivity contribution in [2.75, 3.05) is 0 Å². The third kappa shape index (κ3) is 2.20. The number of hydrogen-bond acceptors (Lipinski definition) is 1. The number of rotatable bonds is 2. The SMILES string of the molecule is O=C(O)c1ccc(I)c(CBr)c1. The Bertz CT molecular complexity index is 312. The highest BCUT2D eigenvalue weighted by molar-refractivity contribution is 14.1. The molecule has 1 rings (SSSR count). The fourth-order valence-electron chi connectivity index (χ4n) is 0.810. The summed E-state index contributed by atoms with van der Waals surface area (Å²) in [6.45, 7) is 0. The van der Waals surface area contributed by atoms with Gasteiger partial charge in [0.15, 0.2) is 0 Å². The summed E-state index contributed by atoms with van der Waals surface area (Å²) in [5.74, 6) is -0.881. The van der Waals surface area contributed by atoms with E-state index < -0.39 is 5.97 Å². The van der Waals surface area contributed by atoms with Gasteiger partial charge in [-0.1, -0.05) is 15.9 Å². The van der Waals surface area contributed by atoms with E-state index in [0.717, 1.165) is 9.13 Å². The van der Waals surface area contributed by atoms with Crippen LogP contribution in [-0.2, 0) is 5.33 Å². The molecule has 0 aliphatic rings. The fraction of sp³-hybridized carbons (Fsp3) is 0.125. The molecular formula is C8H6BrIO2. The molecule has 0 saturated heterocycles. The van der Waals surface area contributed by atoms with Crippen LogP contribution in [0.3, 0.4) is 0 Å². The minimum absolute atomic E-state index is 0.338. The molecule has 0 heterocycles. The zero-order valence-corrected chi connectivity index (χ0v) is 9.79. The lowest BCUT2D eigenvalue weighted by Gasteiger charge is -2.01. The van der Waals surface area contributed by atoms with Gasteiger partial charge >= 0.3 is 5.97 Å². The smallest absolute Gasteiger partial charge is 0.335 e. The number of halogens is 2. The van der Waals surface area contributed by atoms with Crippen LogP contribution < -0.4 is 0 Å². The molecule has 2 nitrogen and oxygen atoms in total. The molecule has 0 aromatic heterocycles. The van der Waals surface area contributed by atoms with E-state index in [1.165, 1.54) is 0 Å². The second kappa shape index (κ2) is 4.23. The zero-order valence-electron chi connectivity index (χ0n) is 6.05. The van der Waals surface area contributed by atoms with Crippen LogP contribution in [0.4, 0.5) is 0 Å². The topological polar surface area (TPSA) is 37.3 Å². The van der Waals surface area contributed by atoms with Crippen molar-refractivity contribution < 1.29 is 9.90 Å². The van der Waals surface area contributed by atoms with Crippen molar-refractivity contribution in [2.24, 2.45) is 0 Å². The maximum Gasteiger partial charge on any atom is 0.335 e. The molecule has 0 radical (unpaired) electrons. The van der Waals surface area contributed by atoms with Crippen molar-refractivity contribution in [1.82, 2.24) is 0 Å². The summed E-state index contributed by atoms with van der Waals surface area (Å²) in [5.41, 5.74) is 1.35. The van der Waals surface area contributed by atoms with Crippen LogP contribution in [0.15, 0.2) is 18.2 Å². The minimum Gasteiger partial charge on any atom is -0.478 e. The van der Waals surface area contributed by atoms with Gasteiger partial charge in [-0.3, -0.25) is 0 Å². The third-order valence-corrected chi connectivity index (χ3v) is 3.09. The molecule has 0 unspecified atom stereocenters. The van der Waals surface area contributed by atoms with Gasteiger partial charge in [0.25, 0.3) is 0 Å². The Kier molecular flexibility index (Phi) is 3.52. The van der Waals surface area contributed by atoms with Gasteiger partial charge in [0, 0.05) is 8.90 Å². The Labute approximate surface area is 92.2 Å². The van der Waals surface area contributed by atoms with E-state index in [4.69, 9.17) is 5.11 Å². The van der Waals surface area contributed by atoms with E-state index in [1.807, 2.05) is 0 Å². The van der Waals surface area contributed by atoms with Gasteiger partial charge in [-0.05, 0) is 46.4 Å². The Morgan fingerprint density at radius 2 is 2.25 bits per heavy atom. The molecule has 0 aliphatic heterocycles. The third-order valence-electron chi connectivity index (χ3n) is 1.44. The van der Waals surface area contributed by atoms with Crippen LogP contribution in [0.25, 0.3) is 0 Å². The van der Waals surface area contributed by atoms with Crippen molar-refractivity contribution in [1.29, 1.82) is 0 Å². The van der Waals surface area contributed by atoms with Gasteiger partial charge in [0.2, 0.25) is 0 Å². The lowest BCUT2D eigenvalue weighted by Crippen LogP contribution is -1.97. The van der Waals surface area contributed by atoms with Gasteiger partial charge < -0.3 is 5.11 Å². The molecule has 1 N–H and O–H groups in total. The van der Waals surface area contributed by atoms with E-state index >= 15 is 0 Å². The van der Waals surface area contributed by atoms with E-state index in [-0.39, 0.29) is 0 Å². The van der Waals surface area contributed by atoms with Gasteiger partial charge in [-0.15, -0.1) is 0 Å². The summed E-state index contributed by atoms with van der Waals surface area (Å²) in [4.78, 5) is 10.6. The van der Waals surface area contributed by atoms with Gasteiger partial charge in [0.1, 0.15) is 0 Å². The van der Waals surface area contributed by atoms with Crippen molar-refractivity contribution in [3.8, 4) is 0 Å². The highest BCUT2D eigenvalue weighted by Gasteiger charge is 2.05. The van der Waals surface area contributed by atoms with E-state index in [9.17, 15) is 4.79 Å². The molecule has 1 aromatic carbocycles. The highest BCUT2D eigenvalue weighted by Crippen LogP contribution is 2.17. The molecule has 0 bridgehead atoms. The molecule has 0 amide bonds. The number of benzene rings is 1. The standard InChI is InChI=1S/C8H6BrIO2/c9-4-6-3-5(8(11)12)1-2-7(6)10/h1-3H,4H2,(H,11,12). The normalized spacial score (nSPS) is 9.83. The summed E-state index contributed by atoms with van der Waals surface area (Å²) in [5, 5.41) is 9.36. The maximum absolute atomic E-state index is 10.6. The second-order valence-corrected chi connectivity index (χ2v) is 3.97. The predicted molar refractivity (Wildman–Crippen MR) is 58.7 cm³/mol. The Morgan fingerprint density at radius 3 is 2.75 bits per heavy atom. The van der Waals surface area contributed by atoms with Gasteiger partial charge in [0.05, 0.1) is 5.56 Å². The van der Waals surface area contributed by atoms with Crippen molar-refractivity contribution in [3.05, 3.63) is 32.9 Å². The zero-order chi connectivity index (χ0) is 9.14. The van der Waals surface area contributed by atoms with Crippen molar-refractivity contribution in [3.63, 3.8) is 0 Å². The molecular weight excluding hydrogens is 335 g/mol. The molecule has 0 atom stereocenters.